The Hall–Kier alpha value is -4.44. The number of nitriles is 1. The van der Waals surface area contributed by atoms with Crippen molar-refractivity contribution < 1.29 is 14.5 Å². The zero-order chi connectivity index (χ0) is 23.8. The number of fused-ring (bicyclic) bond motifs is 1. The Balaban J connectivity index is 0.000000252. The van der Waals surface area contributed by atoms with E-state index < -0.39 is 16.8 Å². The Morgan fingerprint density at radius 2 is 1.76 bits per heavy atom. The molecule has 4 rings (SSSR count). The number of nitro groups is 1. The predicted molar refractivity (Wildman–Crippen MR) is 125 cm³/mol. The number of aromatic nitrogens is 1. The van der Waals surface area contributed by atoms with Crippen molar-refractivity contribution in [2.24, 2.45) is 0 Å². The van der Waals surface area contributed by atoms with Crippen LogP contribution in [0.25, 0.3) is 10.9 Å². The van der Waals surface area contributed by atoms with Crippen LogP contribution in [0.5, 0.6) is 0 Å². The van der Waals surface area contributed by atoms with Crippen LogP contribution < -0.4 is 0 Å². The lowest BCUT2D eigenvalue weighted by Gasteiger charge is -2.11. The second kappa shape index (κ2) is 10.7. The Morgan fingerprint density at radius 3 is 2.45 bits per heavy atom. The number of esters is 1. The molecule has 0 saturated heterocycles. The van der Waals surface area contributed by atoms with Crippen LogP contribution in [0.3, 0.4) is 0 Å². The molecule has 0 aliphatic heterocycles. The summed E-state index contributed by atoms with van der Waals surface area (Å²) in [5.41, 5.74) is 3.76. The maximum atomic E-state index is 12.1. The maximum Gasteiger partial charge on any atom is 0.328 e. The van der Waals surface area contributed by atoms with E-state index in [-0.39, 0.29) is 17.9 Å². The van der Waals surface area contributed by atoms with Crippen LogP contribution in [-0.4, -0.2) is 15.9 Å². The smallest absolute Gasteiger partial charge is 0.328 e. The lowest BCUT2D eigenvalue weighted by Crippen LogP contribution is -2.16. The van der Waals surface area contributed by atoms with Crippen LogP contribution in [0.2, 0.25) is 0 Å². The molecule has 166 valence electrons. The molecule has 1 N–H and O–H groups in total. The van der Waals surface area contributed by atoms with Crippen LogP contribution in [0, 0.1) is 35.3 Å². The fourth-order valence-corrected chi connectivity index (χ4v) is 3.28. The van der Waals surface area contributed by atoms with Gasteiger partial charge in [0.2, 0.25) is 0 Å². The zero-order valence-electron chi connectivity index (χ0n) is 18.3. The van der Waals surface area contributed by atoms with Crippen molar-refractivity contribution in [1.29, 1.82) is 5.26 Å². The Bertz CT molecular complexity index is 1310. The topological polar surface area (TPSA) is 109 Å². The number of aryl methyl sites for hydroxylation is 2. The average molecular weight is 441 g/mol. The standard InChI is InChI=1S/C17H14N2O4.C9H9N/c1-12-7-8-14(16(9-12)19(21)22)15(10-18)17(20)23-11-13-5-3-2-4-6-13;1-7-2-3-8-4-5-10-9(8)6-7/h2-9,15H,11H2,1H3;2-6,10H,1H3. The highest BCUT2D eigenvalue weighted by Gasteiger charge is 2.29. The first-order valence-corrected chi connectivity index (χ1v) is 10.3. The van der Waals surface area contributed by atoms with Crippen molar-refractivity contribution in [3.8, 4) is 6.07 Å². The van der Waals surface area contributed by atoms with Gasteiger partial charge in [0.25, 0.3) is 5.69 Å². The number of carbonyl (C=O) groups excluding carboxylic acids is 1. The number of carbonyl (C=O) groups is 1. The Morgan fingerprint density at radius 1 is 1.06 bits per heavy atom. The zero-order valence-corrected chi connectivity index (χ0v) is 18.3. The van der Waals surface area contributed by atoms with Crippen molar-refractivity contribution in [3.63, 3.8) is 0 Å². The minimum atomic E-state index is -1.33. The van der Waals surface area contributed by atoms with Crippen LogP contribution in [0.1, 0.15) is 28.2 Å². The number of hydrogen-bond acceptors (Lipinski definition) is 5. The van der Waals surface area contributed by atoms with E-state index >= 15 is 0 Å². The molecule has 0 saturated carbocycles. The molecule has 0 amide bonds. The number of hydrogen-bond donors (Lipinski definition) is 1. The van der Waals surface area contributed by atoms with Gasteiger partial charge in [-0.15, -0.1) is 0 Å². The van der Waals surface area contributed by atoms with E-state index in [9.17, 15) is 20.2 Å². The molecule has 33 heavy (non-hydrogen) atoms. The summed E-state index contributed by atoms with van der Waals surface area (Å²) in [4.78, 5) is 25.8. The molecule has 1 atom stereocenters. The maximum absolute atomic E-state index is 12.1. The van der Waals surface area contributed by atoms with E-state index in [1.54, 1.807) is 43.3 Å². The molecule has 7 nitrogen and oxygen atoms in total. The average Bonchev–Trinajstić information content (AvgIpc) is 3.28. The van der Waals surface area contributed by atoms with Crippen LogP contribution in [-0.2, 0) is 16.1 Å². The second-order valence-electron chi connectivity index (χ2n) is 7.54. The van der Waals surface area contributed by atoms with Gasteiger partial charge in [-0.05, 0) is 54.1 Å². The largest absolute Gasteiger partial charge is 0.460 e. The molecule has 0 bridgehead atoms. The van der Waals surface area contributed by atoms with Gasteiger partial charge in [-0.25, -0.2) is 0 Å². The number of nitrogens with one attached hydrogen (secondary N) is 1. The third kappa shape index (κ3) is 6.05. The number of rotatable bonds is 5. The summed E-state index contributed by atoms with van der Waals surface area (Å²) in [6, 6.07) is 23.6. The summed E-state index contributed by atoms with van der Waals surface area (Å²) < 4.78 is 5.12. The van der Waals surface area contributed by atoms with Crippen molar-refractivity contribution in [3.05, 3.63) is 111 Å². The first-order chi connectivity index (χ1) is 15.9. The van der Waals surface area contributed by atoms with Crippen molar-refractivity contribution >= 4 is 22.6 Å². The predicted octanol–water partition coefficient (Wildman–Crippen LogP) is 5.73. The molecule has 1 heterocycles. The third-order valence-electron chi connectivity index (χ3n) is 4.99. The molecular weight excluding hydrogens is 418 g/mol. The minimum absolute atomic E-state index is 0.0114. The first kappa shape index (κ1) is 23.2. The van der Waals surface area contributed by atoms with Gasteiger partial charge in [0.15, 0.2) is 5.92 Å². The van der Waals surface area contributed by atoms with E-state index in [0.29, 0.717) is 5.56 Å². The van der Waals surface area contributed by atoms with Gasteiger partial charge < -0.3 is 9.72 Å². The highest BCUT2D eigenvalue weighted by molar-refractivity contribution is 5.83. The van der Waals surface area contributed by atoms with Gasteiger partial charge in [0, 0.05) is 17.8 Å². The molecule has 0 spiro atoms. The number of ether oxygens (including phenoxy) is 1. The van der Waals surface area contributed by atoms with Crippen LogP contribution in [0.4, 0.5) is 5.69 Å². The normalized spacial score (nSPS) is 11.1. The van der Waals surface area contributed by atoms with E-state index in [0.717, 1.165) is 5.56 Å². The van der Waals surface area contributed by atoms with Crippen molar-refractivity contribution in [1.82, 2.24) is 4.98 Å². The van der Waals surface area contributed by atoms with Crippen LogP contribution >= 0.6 is 0 Å². The summed E-state index contributed by atoms with van der Waals surface area (Å²) in [5.74, 6) is -2.14. The minimum Gasteiger partial charge on any atom is -0.460 e. The summed E-state index contributed by atoms with van der Waals surface area (Å²) in [6.07, 6.45) is 1.96. The van der Waals surface area contributed by atoms with Crippen LogP contribution in [0.15, 0.2) is 79.0 Å². The fraction of sp³-hybridized carbons (Fsp3) is 0.154. The summed E-state index contributed by atoms with van der Waals surface area (Å²) in [6.45, 7) is 3.81. The molecule has 1 aromatic heterocycles. The molecule has 3 aromatic carbocycles. The molecule has 1 unspecified atom stereocenters. The van der Waals surface area contributed by atoms with E-state index in [4.69, 9.17) is 4.74 Å². The van der Waals surface area contributed by atoms with E-state index in [2.05, 4.69) is 36.2 Å². The Kier molecular flexibility index (Phi) is 7.55. The summed E-state index contributed by atoms with van der Waals surface area (Å²) in [5, 5.41) is 21.7. The van der Waals surface area contributed by atoms with Crippen molar-refractivity contribution in [2.45, 2.75) is 26.4 Å². The summed E-state index contributed by atoms with van der Waals surface area (Å²) in [7, 11) is 0. The molecular formula is C26H23N3O4. The first-order valence-electron chi connectivity index (χ1n) is 10.3. The van der Waals surface area contributed by atoms with Crippen molar-refractivity contribution in [2.75, 3.05) is 0 Å². The van der Waals surface area contributed by atoms with E-state index in [1.165, 1.54) is 28.6 Å². The molecule has 0 fully saturated rings. The van der Waals surface area contributed by atoms with E-state index in [1.807, 2.05) is 12.3 Å². The third-order valence-corrected chi connectivity index (χ3v) is 4.99. The highest BCUT2D eigenvalue weighted by Crippen LogP contribution is 2.28. The summed E-state index contributed by atoms with van der Waals surface area (Å²) >= 11 is 0. The fourth-order valence-electron chi connectivity index (χ4n) is 3.28. The SMILES string of the molecule is Cc1ccc(C(C#N)C(=O)OCc2ccccc2)c([N+](=O)[O-])c1.Cc1ccc2cc[nH]c2c1. The molecule has 0 aliphatic rings. The number of H-pyrrole nitrogens is 1. The monoisotopic (exact) mass is 441 g/mol. The molecule has 4 aromatic rings. The second-order valence-corrected chi connectivity index (χ2v) is 7.54. The van der Waals surface area contributed by atoms with Gasteiger partial charge in [0.1, 0.15) is 6.61 Å². The number of aromatic amines is 1. The lowest BCUT2D eigenvalue weighted by atomic mass is 9.97. The molecule has 0 aliphatic carbocycles. The highest BCUT2D eigenvalue weighted by atomic mass is 16.6. The molecule has 0 radical (unpaired) electrons. The number of benzene rings is 3. The van der Waals surface area contributed by atoms with Gasteiger partial charge >= 0.3 is 5.97 Å². The number of nitro benzene ring substituents is 1. The van der Waals surface area contributed by atoms with Gasteiger partial charge in [-0.2, -0.15) is 5.26 Å². The van der Waals surface area contributed by atoms with Gasteiger partial charge in [0.05, 0.1) is 16.6 Å². The number of nitrogens with zero attached hydrogens (tertiary/aromatic N) is 2. The lowest BCUT2D eigenvalue weighted by molar-refractivity contribution is -0.385. The van der Waals surface area contributed by atoms with Gasteiger partial charge in [-0.1, -0.05) is 48.5 Å². The Labute approximate surface area is 191 Å². The molecule has 7 heteroatoms. The quantitative estimate of drug-likeness (QED) is 0.242. The van der Waals surface area contributed by atoms with Gasteiger partial charge in [-0.3, -0.25) is 14.9 Å².